The highest BCUT2D eigenvalue weighted by Crippen LogP contribution is 2.61. The second kappa shape index (κ2) is 25.9. The molecule has 0 N–H and O–H groups in total. The van der Waals surface area contributed by atoms with Crippen molar-refractivity contribution in [3.05, 3.63) is 323 Å². The van der Waals surface area contributed by atoms with Crippen LogP contribution in [0.3, 0.4) is 0 Å². The van der Waals surface area contributed by atoms with Crippen molar-refractivity contribution in [2.45, 2.75) is 90.3 Å². The molecule has 0 aromatic heterocycles. The van der Waals surface area contributed by atoms with Crippen LogP contribution < -0.4 is 9.80 Å². The lowest BCUT2D eigenvalue weighted by atomic mass is 9.72. The van der Waals surface area contributed by atoms with Crippen LogP contribution in [0.1, 0.15) is 69.5 Å². The Hall–Kier alpha value is -9.88. The van der Waals surface area contributed by atoms with Crippen molar-refractivity contribution in [3.63, 3.8) is 0 Å². The predicted octanol–water partition coefficient (Wildman–Crippen LogP) is 24.6. The summed E-state index contributed by atoms with van der Waals surface area (Å²) < 4.78 is 365. The highest BCUT2D eigenvalue weighted by molar-refractivity contribution is 5.79. The third kappa shape index (κ3) is 12.3. The molecule has 0 atom stereocenters. The van der Waals surface area contributed by atoms with Crippen LogP contribution in [0.25, 0.3) is 0 Å². The minimum absolute atomic E-state index is 0.0343. The van der Waals surface area contributed by atoms with E-state index in [4.69, 9.17) is 0 Å². The molecule has 0 unspecified atom stereocenters. The summed E-state index contributed by atoms with van der Waals surface area (Å²) in [6.45, 7) is 3.28. The van der Waals surface area contributed by atoms with Crippen LogP contribution in [0, 0.1) is 0 Å². The zero-order chi connectivity index (χ0) is 74.0. The van der Waals surface area contributed by atoms with Gasteiger partial charge < -0.3 is 9.80 Å². The molecule has 0 heterocycles. The van der Waals surface area contributed by atoms with Crippen molar-refractivity contribution in [1.82, 2.24) is 0 Å². The summed E-state index contributed by atoms with van der Waals surface area (Å²) in [6.07, 6.45) is -48.4. The fourth-order valence-corrected chi connectivity index (χ4v) is 13.2. The molecule has 0 bridgehead atoms. The molecule has 10 rings (SSSR count). The fourth-order valence-electron chi connectivity index (χ4n) is 13.2. The minimum Gasteiger partial charge on any atom is -0.311 e. The molecule has 0 fully saturated rings. The van der Waals surface area contributed by atoms with Gasteiger partial charge in [-0.05, 0) is 128 Å². The molecule has 26 heteroatoms. The SMILES string of the molecule is CC(C)(c1ccc(N(c2ccc(C(c3ccccc3)(C(F)(F)F)C(F)(F)F)cc2)c2ccc(C(c3ccccc3)(C(F)(F)F)C(F)(F)F)cc2)cc1)c1ccc(N(c2ccc(C(c3ccccc3)(C(F)(F)F)C(F)(F)F)cc2)c2ccc(C(c3ccccc3)(C(F)(F)F)C(F)(F)F)cc2)cc1. The zero-order valence-electron chi connectivity index (χ0n) is 51.9. The first-order chi connectivity index (χ1) is 47.0. The van der Waals surface area contributed by atoms with Gasteiger partial charge in [0.15, 0.2) is 0 Å². The summed E-state index contributed by atoms with van der Waals surface area (Å²) in [5, 5.41) is 0. The Bertz CT molecular complexity index is 3840. The maximum atomic E-state index is 15.2. The lowest BCUT2D eigenvalue weighted by molar-refractivity contribution is -0.290. The number of hydrogen-bond acceptors (Lipinski definition) is 2. The van der Waals surface area contributed by atoms with E-state index in [0.29, 0.717) is 108 Å². The summed E-state index contributed by atoms with van der Waals surface area (Å²) in [5.41, 5.74) is -30.4. The molecule has 0 amide bonds. The van der Waals surface area contributed by atoms with E-state index >= 15 is 105 Å². The zero-order valence-corrected chi connectivity index (χ0v) is 51.9. The van der Waals surface area contributed by atoms with Crippen LogP contribution in [-0.2, 0) is 27.1 Å². The van der Waals surface area contributed by atoms with Gasteiger partial charge in [0, 0.05) is 39.5 Å². The fraction of sp³-hybridized carbons (Fsp3) is 0.200. The van der Waals surface area contributed by atoms with E-state index in [9.17, 15) is 0 Å². The third-order valence-electron chi connectivity index (χ3n) is 18.2. The van der Waals surface area contributed by atoms with Crippen LogP contribution in [0.4, 0.5) is 139 Å². The molecule has 0 saturated carbocycles. The number of alkyl halides is 24. The van der Waals surface area contributed by atoms with Crippen molar-refractivity contribution in [2.75, 3.05) is 9.80 Å². The van der Waals surface area contributed by atoms with Gasteiger partial charge in [-0.3, -0.25) is 0 Å². The Labute approximate surface area is 560 Å². The Morgan fingerprint density at radius 3 is 0.406 bits per heavy atom. The molecule has 0 aliphatic heterocycles. The highest BCUT2D eigenvalue weighted by atomic mass is 19.4. The van der Waals surface area contributed by atoms with Gasteiger partial charge in [0.05, 0.1) is 0 Å². The van der Waals surface area contributed by atoms with Gasteiger partial charge >= 0.3 is 49.4 Å². The standard InChI is InChI=1S/C75H50F24N2/c1-63(2,47-23-35-57(36-24-47)100(59-39-27-53(28-40-59)64(68(76,77)78,69(79,80)81)49-15-7-3-8-16-49)60-41-29-54(30-42-60)65(70(82,83)84,71(85,86)87)50-17-9-4-10-18-50)48-25-37-58(38-26-48)101(61-43-31-55(32-44-61)66(72(88,89)90,73(91,92)93)51-19-11-5-12-20-51)62-45-33-56(34-46-62)67(74(94,95)96,75(97,98)99)52-21-13-6-14-22-52/h3-46H,1-2H3. The molecule has 528 valence electrons. The number of anilines is 6. The molecular formula is C75H50F24N2. The van der Waals surface area contributed by atoms with Crippen LogP contribution in [-0.4, -0.2) is 49.4 Å². The van der Waals surface area contributed by atoms with Crippen molar-refractivity contribution < 1.29 is 105 Å². The maximum absolute atomic E-state index is 15.2. The molecule has 0 saturated heterocycles. The van der Waals surface area contributed by atoms with Crippen molar-refractivity contribution >= 4 is 34.1 Å². The van der Waals surface area contributed by atoms with Crippen LogP contribution in [0.15, 0.2) is 267 Å². The highest BCUT2D eigenvalue weighted by Gasteiger charge is 2.76. The Kier molecular flexibility index (Phi) is 19.0. The smallest absolute Gasteiger partial charge is 0.311 e. The van der Waals surface area contributed by atoms with Crippen LogP contribution in [0.5, 0.6) is 0 Å². The van der Waals surface area contributed by atoms with E-state index in [1.807, 2.05) is 0 Å². The molecule has 0 aliphatic rings. The minimum atomic E-state index is -6.04. The van der Waals surface area contributed by atoms with Crippen LogP contribution in [0.2, 0.25) is 0 Å². The molecule has 10 aromatic carbocycles. The van der Waals surface area contributed by atoms with Gasteiger partial charge in [-0.2, -0.15) is 105 Å². The van der Waals surface area contributed by atoms with Gasteiger partial charge in [0.2, 0.25) is 21.7 Å². The number of halogens is 24. The number of rotatable bonds is 16. The van der Waals surface area contributed by atoms with Gasteiger partial charge in [-0.1, -0.05) is 208 Å². The van der Waals surface area contributed by atoms with E-state index < -0.39 is 121 Å². The maximum Gasteiger partial charge on any atom is 0.411 e. The average molecular weight is 1440 g/mol. The van der Waals surface area contributed by atoms with Crippen molar-refractivity contribution in [1.29, 1.82) is 0 Å². The summed E-state index contributed by atoms with van der Waals surface area (Å²) in [6, 6.07) is 39.3. The van der Waals surface area contributed by atoms with Crippen LogP contribution >= 0.6 is 0 Å². The second-order valence-corrected chi connectivity index (χ2v) is 24.0. The van der Waals surface area contributed by atoms with E-state index in [0.717, 1.165) is 107 Å². The van der Waals surface area contributed by atoms with Crippen molar-refractivity contribution in [3.8, 4) is 0 Å². The van der Waals surface area contributed by atoms with Gasteiger partial charge in [-0.15, -0.1) is 0 Å². The van der Waals surface area contributed by atoms with Crippen molar-refractivity contribution in [2.24, 2.45) is 0 Å². The Balaban J connectivity index is 1.08. The van der Waals surface area contributed by atoms with E-state index in [2.05, 4.69) is 0 Å². The summed E-state index contributed by atoms with van der Waals surface area (Å²) in [7, 11) is 0. The summed E-state index contributed by atoms with van der Waals surface area (Å²) in [5.74, 6) is 0. The third-order valence-corrected chi connectivity index (χ3v) is 18.2. The quantitative estimate of drug-likeness (QED) is 0.0890. The van der Waals surface area contributed by atoms with E-state index in [1.54, 1.807) is 13.8 Å². The Morgan fingerprint density at radius 1 is 0.158 bits per heavy atom. The first kappa shape index (κ1) is 73.8. The molecule has 2 nitrogen and oxygen atoms in total. The molecule has 0 aliphatic carbocycles. The summed E-state index contributed by atoms with van der Waals surface area (Å²) in [4.78, 5) is 2.23. The second-order valence-electron chi connectivity index (χ2n) is 24.0. The molecule has 0 spiro atoms. The summed E-state index contributed by atoms with van der Waals surface area (Å²) >= 11 is 0. The van der Waals surface area contributed by atoms with Gasteiger partial charge in [-0.25, -0.2) is 0 Å². The first-order valence-electron chi connectivity index (χ1n) is 29.9. The first-order valence-corrected chi connectivity index (χ1v) is 29.9. The lowest BCUT2D eigenvalue weighted by Crippen LogP contribution is -2.54. The topological polar surface area (TPSA) is 6.48 Å². The molecule has 10 aromatic rings. The molecular weight excluding hydrogens is 1380 g/mol. The molecule has 101 heavy (non-hydrogen) atoms. The number of nitrogens with zero attached hydrogens (tertiary/aromatic N) is 2. The number of benzene rings is 10. The normalized spacial score (nSPS) is 13.6. The predicted molar refractivity (Wildman–Crippen MR) is 332 cm³/mol. The average Bonchev–Trinajstić information content (AvgIpc) is 0.735. The van der Waals surface area contributed by atoms with Gasteiger partial charge in [0.1, 0.15) is 0 Å². The lowest BCUT2D eigenvalue weighted by Gasteiger charge is -2.39. The van der Waals surface area contributed by atoms with E-state index in [1.165, 1.54) is 72.8 Å². The Morgan fingerprint density at radius 2 is 0.277 bits per heavy atom. The van der Waals surface area contributed by atoms with E-state index in [-0.39, 0.29) is 34.1 Å². The van der Waals surface area contributed by atoms with Gasteiger partial charge in [0.25, 0.3) is 0 Å². The number of hydrogen-bond donors (Lipinski definition) is 0. The molecule has 0 radical (unpaired) electrons. The largest absolute Gasteiger partial charge is 0.411 e. The monoisotopic (exact) mass is 1430 g/mol.